The van der Waals surface area contributed by atoms with Crippen LogP contribution < -0.4 is 10.6 Å². The van der Waals surface area contributed by atoms with Crippen LogP contribution in [0.25, 0.3) is 11.3 Å². The number of nitrogens with two attached hydrogens (primary N) is 1. The van der Waals surface area contributed by atoms with Gasteiger partial charge in [0, 0.05) is 24.7 Å². The smallest absolute Gasteiger partial charge is 0.356 e. The van der Waals surface area contributed by atoms with Crippen LogP contribution >= 0.6 is 0 Å². The highest BCUT2D eigenvalue weighted by atomic mass is 32.2. The minimum absolute atomic E-state index is 0.0202. The summed E-state index contributed by atoms with van der Waals surface area (Å²) in [6, 6.07) is 13.6. The van der Waals surface area contributed by atoms with Gasteiger partial charge in [0.1, 0.15) is 5.82 Å². The Labute approximate surface area is 195 Å². The Morgan fingerprint density at radius 2 is 1.71 bits per heavy atom. The van der Waals surface area contributed by atoms with E-state index in [1.807, 2.05) is 4.90 Å². The lowest BCUT2D eigenvalue weighted by atomic mass is 10.0. The van der Waals surface area contributed by atoms with Gasteiger partial charge < -0.3 is 10.6 Å². The van der Waals surface area contributed by atoms with E-state index < -0.39 is 27.3 Å². The van der Waals surface area contributed by atoms with Crippen LogP contribution in [0.1, 0.15) is 16.8 Å². The summed E-state index contributed by atoms with van der Waals surface area (Å²) in [5.74, 6) is 0.828. The number of fused-ring (bicyclic) bond motifs is 1. The van der Waals surface area contributed by atoms with Crippen molar-refractivity contribution >= 4 is 15.7 Å². The Bertz CT molecular complexity index is 1350. The first kappa shape index (κ1) is 22.8. The molecule has 2 N–H and O–H groups in total. The van der Waals surface area contributed by atoms with Crippen molar-refractivity contribution in [3.63, 3.8) is 0 Å². The Hall–Kier alpha value is -2.98. The lowest BCUT2D eigenvalue weighted by Crippen LogP contribution is -2.29. The van der Waals surface area contributed by atoms with Crippen LogP contribution in [-0.2, 0) is 21.8 Å². The summed E-state index contributed by atoms with van der Waals surface area (Å²) in [6.45, 7) is 3.16. The SMILES string of the molecule is Cc1ccccc1-c1nc(CS(=O)(=O)c2cccc(N3CC4C(N)C4C3)n2)ccc1C(F)(F)F. The minimum Gasteiger partial charge on any atom is -0.356 e. The zero-order valence-electron chi connectivity index (χ0n) is 18.3. The maximum Gasteiger partial charge on any atom is 0.418 e. The van der Waals surface area contributed by atoms with E-state index in [-0.39, 0.29) is 22.5 Å². The van der Waals surface area contributed by atoms with Gasteiger partial charge in [-0.2, -0.15) is 13.2 Å². The molecule has 2 aromatic heterocycles. The number of hydrogen-bond acceptors (Lipinski definition) is 6. The molecule has 0 bridgehead atoms. The second-order valence-corrected chi connectivity index (χ2v) is 10.9. The summed E-state index contributed by atoms with van der Waals surface area (Å²) >= 11 is 0. The van der Waals surface area contributed by atoms with Crippen LogP contribution in [0.15, 0.2) is 59.6 Å². The second-order valence-electron chi connectivity index (χ2n) is 8.91. The number of anilines is 1. The summed E-state index contributed by atoms with van der Waals surface area (Å²) in [5, 5.41) is -0.131. The minimum atomic E-state index is -4.63. The molecule has 2 aliphatic rings. The van der Waals surface area contributed by atoms with Crippen molar-refractivity contribution in [2.45, 2.75) is 29.9 Å². The van der Waals surface area contributed by atoms with Crippen molar-refractivity contribution in [1.82, 2.24) is 9.97 Å². The molecule has 0 spiro atoms. The highest BCUT2D eigenvalue weighted by Gasteiger charge is 2.53. The van der Waals surface area contributed by atoms with E-state index in [1.54, 1.807) is 43.3 Å². The molecule has 2 unspecified atom stereocenters. The standard InChI is InChI=1S/C24H23F3N4O2S/c1-14-5-2-3-6-16(14)23-19(24(25,26)27)10-9-15(29-23)13-34(32,33)21-8-4-7-20(30-21)31-11-17-18(12-31)22(17)28/h2-10,17-18,22H,11-13,28H2,1H3. The maximum absolute atomic E-state index is 13.7. The van der Waals surface area contributed by atoms with E-state index in [2.05, 4.69) is 9.97 Å². The number of alkyl halides is 3. The van der Waals surface area contributed by atoms with Crippen molar-refractivity contribution in [3.05, 3.63) is 71.4 Å². The van der Waals surface area contributed by atoms with Gasteiger partial charge in [-0.1, -0.05) is 30.3 Å². The number of sulfone groups is 1. The van der Waals surface area contributed by atoms with E-state index in [4.69, 9.17) is 5.73 Å². The summed E-state index contributed by atoms with van der Waals surface area (Å²) in [5.41, 5.74) is 5.72. The molecule has 0 amide bonds. The summed E-state index contributed by atoms with van der Waals surface area (Å²) < 4.78 is 67.3. The Morgan fingerprint density at radius 3 is 2.38 bits per heavy atom. The predicted octanol–water partition coefficient (Wildman–Crippen LogP) is 3.84. The van der Waals surface area contributed by atoms with Crippen LogP contribution in [-0.4, -0.2) is 37.5 Å². The van der Waals surface area contributed by atoms with Crippen molar-refractivity contribution in [2.75, 3.05) is 18.0 Å². The van der Waals surface area contributed by atoms with Gasteiger partial charge in [-0.25, -0.2) is 13.4 Å². The third-order valence-electron chi connectivity index (χ3n) is 6.61. The maximum atomic E-state index is 13.7. The largest absolute Gasteiger partial charge is 0.418 e. The number of aromatic nitrogens is 2. The molecule has 34 heavy (non-hydrogen) atoms. The van der Waals surface area contributed by atoms with Crippen molar-refractivity contribution in [2.24, 2.45) is 17.6 Å². The number of benzene rings is 1. The van der Waals surface area contributed by atoms with Gasteiger partial charge >= 0.3 is 6.18 Å². The number of rotatable bonds is 5. The van der Waals surface area contributed by atoms with Crippen molar-refractivity contribution < 1.29 is 21.6 Å². The average molecular weight is 489 g/mol. The van der Waals surface area contributed by atoms with Crippen LogP contribution in [0, 0.1) is 18.8 Å². The lowest BCUT2D eigenvalue weighted by Gasteiger charge is -2.20. The van der Waals surface area contributed by atoms with Crippen LogP contribution in [0.3, 0.4) is 0 Å². The van der Waals surface area contributed by atoms with Gasteiger partial charge in [0.25, 0.3) is 0 Å². The summed E-state index contributed by atoms with van der Waals surface area (Å²) in [6.07, 6.45) is -4.63. The number of nitrogens with zero attached hydrogens (tertiary/aromatic N) is 3. The number of hydrogen-bond donors (Lipinski definition) is 1. The third-order valence-corrected chi connectivity index (χ3v) is 8.15. The Morgan fingerprint density at radius 1 is 1.00 bits per heavy atom. The fourth-order valence-corrected chi connectivity index (χ4v) is 5.85. The first-order valence-electron chi connectivity index (χ1n) is 10.9. The van der Waals surface area contributed by atoms with Gasteiger partial charge in [-0.05, 0) is 48.6 Å². The van der Waals surface area contributed by atoms with Gasteiger partial charge in [-0.3, -0.25) is 4.98 Å². The first-order valence-corrected chi connectivity index (χ1v) is 12.5. The van der Waals surface area contributed by atoms with Crippen LogP contribution in [0.2, 0.25) is 0 Å². The predicted molar refractivity (Wildman–Crippen MR) is 122 cm³/mol. The molecule has 1 saturated heterocycles. The highest BCUT2D eigenvalue weighted by Crippen LogP contribution is 2.45. The molecular formula is C24H23F3N4O2S. The molecule has 10 heteroatoms. The normalized spacial score (nSPS) is 22.0. The zero-order valence-corrected chi connectivity index (χ0v) is 19.1. The average Bonchev–Trinajstić information content (AvgIpc) is 3.18. The van der Waals surface area contributed by atoms with Gasteiger partial charge in [-0.15, -0.1) is 0 Å². The Balaban J connectivity index is 1.46. The summed E-state index contributed by atoms with van der Waals surface area (Å²) in [4.78, 5) is 10.5. The molecule has 5 rings (SSSR count). The molecule has 178 valence electrons. The third kappa shape index (κ3) is 4.16. The Kier molecular flexibility index (Phi) is 5.40. The van der Waals surface area contributed by atoms with E-state index >= 15 is 0 Å². The number of piperidine rings is 1. The molecule has 3 aromatic rings. The highest BCUT2D eigenvalue weighted by molar-refractivity contribution is 7.90. The number of pyridine rings is 2. The topological polar surface area (TPSA) is 89.2 Å². The second kappa shape index (κ2) is 8.06. The molecule has 3 heterocycles. The van der Waals surface area contributed by atoms with Gasteiger partial charge in [0.15, 0.2) is 5.03 Å². The molecule has 2 atom stereocenters. The fraction of sp³-hybridized carbons (Fsp3) is 0.333. The molecule has 2 fully saturated rings. The number of halogens is 3. The monoisotopic (exact) mass is 488 g/mol. The first-order chi connectivity index (χ1) is 16.0. The fourth-order valence-electron chi connectivity index (χ4n) is 4.63. The molecular weight excluding hydrogens is 465 g/mol. The molecule has 0 radical (unpaired) electrons. The van der Waals surface area contributed by atoms with Crippen molar-refractivity contribution in [3.8, 4) is 11.3 Å². The molecule has 1 aliphatic heterocycles. The van der Waals surface area contributed by atoms with E-state index in [0.29, 0.717) is 28.8 Å². The quantitative estimate of drug-likeness (QED) is 0.587. The van der Waals surface area contributed by atoms with E-state index in [1.165, 1.54) is 6.07 Å². The van der Waals surface area contributed by atoms with Crippen molar-refractivity contribution in [1.29, 1.82) is 0 Å². The van der Waals surface area contributed by atoms with Crippen LogP contribution in [0.5, 0.6) is 0 Å². The molecule has 1 aromatic carbocycles. The van der Waals surface area contributed by atoms with Gasteiger partial charge in [0.2, 0.25) is 9.84 Å². The molecule has 6 nitrogen and oxygen atoms in total. The molecule has 1 saturated carbocycles. The van der Waals surface area contributed by atoms with E-state index in [0.717, 1.165) is 25.2 Å². The van der Waals surface area contributed by atoms with Gasteiger partial charge in [0.05, 0.1) is 22.7 Å². The zero-order chi connectivity index (χ0) is 24.3. The lowest BCUT2D eigenvalue weighted by molar-refractivity contribution is -0.137. The van der Waals surface area contributed by atoms with Crippen LogP contribution in [0.4, 0.5) is 19.0 Å². The molecule has 1 aliphatic carbocycles. The van der Waals surface area contributed by atoms with E-state index in [9.17, 15) is 21.6 Å². The summed E-state index contributed by atoms with van der Waals surface area (Å²) in [7, 11) is -3.94. The number of aryl methyl sites for hydroxylation is 1.